The van der Waals surface area contributed by atoms with Gasteiger partial charge >= 0.3 is 6.09 Å². The summed E-state index contributed by atoms with van der Waals surface area (Å²) in [6.45, 7) is 8.84. The van der Waals surface area contributed by atoms with E-state index in [0.29, 0.717) is 13.9 Å². The second-order valence-electron chi connectivity index (χ2n) is 6.27. The van der Waals surface area contributed by atoms with Gasteiger partial charge in [0.05, 0.1) is 5.54 Å². The zero-order valence-electron chi connectivity index (χ0n) is 12.7. The predicted molar refractivity (Wildman–Crippen MR) is 93.1 cm³/mol. The number of carbonyl (C=O) groups excluding carboxylic acids is 1. The van der Waals surface area contributed by atoms with Gasteiger partial charge in [-0.2, -0.15) is 0 Å². The van der Waals surface area contributed by atoms with Crippen molar-refractivity contribution in [2.24, 2.45) is 0 Å². The van der Waals surface area contributed by atoms with Crippen LogP contribution in [0, 0.1) is 3.70 Å². The minimum atomic E-state index is -0.905. The zero-order valence-corrected chi connectivity index (χ0v) is 16.4. The number of halogens is 2. The minimum Gasteiger partial charge on any atom is -0.444 e. The topological polar surface area (TPSA) is 71.5 Å². The zero-order chi connectivity index (χ0) is 16.4. The highest BCUT2D eigenvalue weighted by molar-refractivity contribution is 14.1. The molecule has 0 aromatic carbocycles. The highest BCUT2D eigenvalue weighted by Crippen LogP contribution is 2.29. The smallest absolute Gasteiger partial charge is 0.408 e. The standard InChI is InChI=1S/C14H20BrIN2O3/c1-13(2,3)21-12(20)18-14(4,5)10(19)8-6-7-9(15)17-11(8)16/h6-7,10,19H,1-5H3,(H,18,20). The molecule has 1 aromatic rings. The molecule has 21 heavy (non-hydrogen) atoms. The number of nitrogens with zero attached hydrogens (tertiary/aromatic N) is 1. The number of rotatable bonds is 3. The van der Waals surface area contributed by atoms with E-state index in [1.165, 1.54) is 0 Å². The molecule has 7 heteroatoms. The molecule has 0 saturated heterocycles. The van der Waals surface area contributed by atoms with Gasteiger partial charge in [-0.15, -0.1) is 0 Å². The second-order valence-corrected chi connectivity index (χ2v) is 8.10. The number of amides is 1. The molecule has 0 radical (unpaired) electrons. The van der Waals surface area contributed by atoms with E-state index in [2.05, 4.69) is 48.8 Å². The number of alkyl carbamates (subject to hydrolysis) is 1. The molecule has 0 fully saturated rings. The molecule has 0 spiro atoms. The van der Waals surface area contributed by atoms with Crippen LogP contribution in [-0.4, -0.2) is 27.3 Å². The lowest BCUT2D eigenvalue weighted by Crippen LogP contribution is -2.49. The van der Waals surface area contributed by atoms with Crippen molar-refractivity contribution in [3.05, 3.63) is 26.0 Å². The van der Waals surface area contributed by atoms with Crippen molar-refractivity contribution in [1.29, 1.82) is 0 Å². The van der Waals surface area contributed by atoms with Gasteiger partial charge in [-0.1, -0.05) is 6.07 Å². The molecule has 1 heterocycles. The summed E-state index contributed by atoms with van der Waals surface area (Å²) < 4.78 is 6.59. The van der Waals surface area contributed by atoms with Gasteiger partial charge in [-0.25, -0.2) is 9.78 Å². The fourth-order valence-corrected chi connectivity index (χ4v) is 3.03. The molecule has 1 unspecified atom stereocenters. The highest BCUT2D eigenvalue weighted by Gasteiger charge is 2.34. The van der Waals surface area contributed by atoms with Crippen molar-refractivity contribution >= 4 is 44.6 Å². The summed E-state index contributed by atoms with van der Waals surface area (Å²) in [5.74, 6) is 0. The van der Waals surface area contributed by atoms with Crippen molar-refractivity contribution in [1.82, 2.24) is 10.3 Å². The van der Waals surface area contributed by atoms with E-state index in [0.717, 1.165) is 0 Å². The van der Waals surface area contributed by atoms with E-state index in [-0.39, 0.29) is 0 Å². The maximum Gasteiger partial charge on any atom is 0.408 e. The third-order valence-corrected chi connectivity index (χ3v) is 3.95. The fraction of sp³-hybridized carbons (Fsp3) is 0.571. The van der Waals surface area contributed by atoms with Crippen molar-refractivity contribution < 1.29 is 14.6 Å². The number of aliphatic hydroxyl groups is 1. The molecule has 118 valence electrons. The molecule has 0 aliphatic carbocycles. The van der Waals surface area contributed by atoms with Crippen LogP contribution in [0.3, 0.4) is 0 Å². The average molecular weight is 471 g/mol. The SMILES string of the molecule is CC(C)(C)OC(=O)NC(C)(C)C(O)c1ccc(Br)nc1I. The maximum absolute atomic E-state index is 11.9. The summed E-state index contributed by atoms with van der Waals surface area (Å²) in [5, 5.41) is 13.2. The molecular weight excluding hydrogens is 451 g/mol. The predicted octanol–water partition coefficient (Wildman–Crippen LogP) is 3.79. The summed E-state index contributed by atoms with van der Waals surface area (Å²) in [4.78, 5) is 16.1. The fourth-order valence-electron chi connectivity index (χ4n) is 1.65. The largest absolute Gasteiger partial charge is 0.444 e. The van der Waals surface area contributed by atoms with Crippen molar-refractivity contribution in [3.8, 4) is 0 Å². The molecule has 1 rings (SSSR count). The summed E-state index contributed by atoms with van der Waals surface area (Å²) in [6, 6.07) is 3.53. The molecule has 0 saturated carbocycles. The number of nitrogens with one attached hydrogen (secondary N) is 1. The van der Waals surface area contributed by atoms with Gasteiger partial charge in [0.15, 0.2) is 0 Å². The number of carbonyl (C=O) groups is 1. The Bertz CT molecular complexity index is 529. The van der Waals surface area contributed by atoms with Crippen LogP contribution in [0.2, 0.25) is 0 Å². The van der Waals surface area contributed by atoms with Gasteiger partial charge in [0.1, 0.15) is 20.0 Å². The van der Waals surface area contributed by atoms with E-state index < -0.39 is 23.3 Å². The first-order chi connectivity index (χ1) is 9.42. The second kappa shape index (κ2) is 6.78. The Morgan fingerprint density at radius 1 is 1.38 bits per heavy atom. The van der Waals surface area contributed by atoms with Crippen LogP contribution in [-0.2, 0) is 4.74 Å². The monoisotopic (exact) mass is 470 g/mol. The molecule has 0 bridgehead atoms. The van der Waals surface area contributed by atoms with Crippen LogP contribution in [0.15, 0.2) is 16.7 Å². The Balaban J connectivity index is 2.88. The van der Waals surface area contributed by atoms with Crippen molar-refractivity contribution in [2.75, 3.05) is 0 Å². The molecule has 0 aliphatic rings. The highest BCUT2D eigenvalue weighted by atomic mass is 127. The average Bonchev–Trinajstić information content (AvgIpc) is 2.24. The maximum atomic E-state index is 11.9. The number of aromatic nitrogens is 1. The molecule has 5 nitrogen and oxygen atoms in total. The van der Waals surface area contributed by atoms with E-state index in [4.69, 9.17) is 4.74 Å². The summed E-state index contributed by atoms with van der Waals surface area (Å²) >= 11 is 5.33. The summed E-state index contributed by atoms with van der Waals surface area (Å²) in [7, 11) is 0. The molecule has 1 amide bonds. The first-order valence-electron chi connectivity index (χ1n) is 6.43. The van der Waals surface area contributed by atoms with E-state index in [1.807, 2.05) is 0 Å². The molecule has 1 aromatic heterocycles. The Morgan fingerprint density at radius 2 is 1.95 bits per heavy atom. The first kappa shape index (κ1) is 18.6. The Labute approximate surface area is 147 Å². The van der Waals surface area contributed by atoms with Crippen molar-refractivity contribution in [3.63, 3.8) is 0 Å². The third kappa shape index (κ3) is 5.71. The van der Waals surface area contributed by atoms with Crippen LogP contribution >= 0.6 is 38.5 Å². The summed E-state index contributed by atoms with van der Waals surface area (Å²) in [6.07, 6.45) is -1.47. The molecule has 2 N–H and O–H groups in total. The van der Waals surface area contributed by atoms with Crippen LogP contribution in [0.25, 0.3) is 0 Å². The number of hydrogen-bond acceptors (Lipinski definition) is 4. The Morgan fingerprint density at radius 3 is 2.43 bits per heavy atom. The van der Waals surface area contributed by atoms with Gasteiger partial charge < -0.3 is 15.2 Å². The first-order valence-corrected chi connectivity index (χ1v) is 8.31. The van der Waals surface area contributed by atoms with Gasteiger partial charge in [0, 0.05) is 5.56 Å². The van der Waals surface area contributed by atoms with E-state index >= 15 is 0 Å². The number of aliphatic hydroxyl groups excluding tert-OH is 1. The number of hydrogen-bond donors (Lipinski definition) is 2. The van der Waals surface area contributed by atoms with E-state index in [9.17, 15) is 9.90 Å². The lowest BCUT2D eigenvalue weighted by molar-refractivity contribution is 0.0288. The number of ether oxygens (including phenoxy) is 1. The lowest BCUT2D eigenvalue weighted by Gasteiger charge is -2.33. The Hall–Kier alpha value is -0.410. The number of pyridine rings is 1. The van der Waals surface area contributed by atoms with E-state index in [1.54, 1.807) is 46.8 Å². The normalized spacial score (nSPS) is 13.7. The van der Waals surface area contributed by atoms with Gasteiger partial charge in [-0.3, -0.25) is 0 Å². The molecular formula is C14H20BrIN2O3. The van der Waals surface area contributed by atoms with Gasteiger partial charge in [0.2, 0.25) is 0 Å². The van der Waals surface area contributed by atoms with Crippen LogP contribution in [0.1, 0.15) is 46.3 Å². The molecule has 1 atom stereocenters. The Kier molecular flexibility index (Phi) is 6.02. The van der Waals surface area contributed by atoms with Gasteiger partial charge in [0.25, 0.3) is 0 Å². The molecule has 0 aliphatic heterocycles. The minimum absolute atomic E-state index is 0.563. The lowest BCUT2D eigenvalue weighted by atomic mass is 9.92. The van der Waals surface area contributed by atoms with Crippen LogP contribution < -0.4 is 5.32 Å². The summed E-state index contributed by atoms with van der Waals surface area (Å²) in [5.41, 5.74) is -0.823. The third-order valence-electron chi connectivity index (χ3n) is 2.64. The van der Waals surface area contributed by atoms with Crippen molar-refractivity contribution in [2.45, 2.75) is 51.9 Å². The van der Waals surface area contributed by atoms with Gasteiger partial charge in [-0.05, 0) is 79.2 Å². The van der Waals surface area contributed by atoms with Crippen LogP contribution in [0.5, 0.6) is 0 Å². The van der Waals surface area contributed by atoms with Crippen LogP contribution in [0.4, 0.5) is 4.79 Å². The quantitative estimate of drug-likeness (QED) is 0.520.